The summed E-state index contributed by atoms with van der Waals surface area (Å²) in [5.74, 6) is 0.0691. The van der Waals surface area contributed by atoms with Gasteiger partial charge in [-0.15, -0.1) is 0 Å². The number of hydrogen-bond acceptors (Lipinski definition) is 6. The van der Waals surface area contributed by atoms with Crippen LogP contribution in [0.1, 0.15) is 6.42 Å². The maximum absolute atomic E-state index is 12.7. The second-order valence-corrected chi connectivity index (χ2v) is 8.85. The predicted octanol–water partition coefficient (Wildman–Crippen LogP) is -2.00. The molecule has 25 heavy (non-hydrogen) atoms. The molecule has 3 aliphatic rings. The van der Waals surface area contributed by atoms with Crippen molar-refractivity contribution in [1.82, 2.24) is 23.7 Å². The van der Waals surface area contributed by atoms with E-state index in [0.29, 0.717) is 58.9 Å². The molecule has 10 heteroatoms. The number of piperazine rings is 2. The van der Waals surface area contributed by atoms with Crippen molar-refractivity contribution in [3.8, 4) is 0 Å². The lowest BCUT2D eigenvalue weighted by molar-refractivity contribution is -0.133. The van der Waals surface area contributed by atoms with E-state index in [9.17, 15) is 13.2 Å². The van der Waals surface area contributed by atoms with Gasteiger partial charge in [0.2, 0.25) is 5.91 Å². The van der Waals surface area contributed by atoms with E-state index in [1.807, 2.05) is 7.05 Å². The molecule has 0 bridgehead atoms. The number of carbonyl (C=O) groups is 1. The van der Waals surface area contributed by atoms with Crippen molar-refractivity contribution in [2.75, 3.05) is 79.2 Å². The van der Waals surface area contributed by atoms with Crippen LogP contribution < -0.4 is 5.32 Å². The van der Waals surface area contributed by atoms with Crippen molar-refractivity contribution in [2.45, 2.75) is 12.5 Å². The fourth-order valence-corrected chi connectivity index (χ4v) is 5.02. The number of ether oxygens (including phenoxy) is 1. The fraction of sp³-hybridized carbons (Fsp3) is 0.933. The first kappa shape index (κ1) is 19.0. The Labute approximate surface area is 150 Å². The van der Waals surface area contributed by atoms with Crippen molar-refractivity contribution < 1.29 is 17.9 Å². The van der Waals surface area contributed by atoms with Crippen molar-refractivity contribution in [1.29, 1.82) is 0 Å². The van der Waals surface area contributed by atoms with Gasteiger partial charge in [0.1, 0.15) is 0 Å². The van der Waals surface area contributed by atoms with Crippen LogP contribution in [0, 0.1) is 0 Å². The Hall–Kier alpha value is -0.780. The summed E-state index contributed by atoms with van der Waals surface area (Å²) in [4.78, 5) is 16.3. The average Bonchev–Trinajstić information content (AvgIpc) is 2.63. The number of morpholine rings is 1. The van der Waals surface area contributed by atoms with Crippen LogP contribution in [0.3, 0.4) is 0 Å². The zero-order valence-electron chi connectivity index (χ0n) is 14.9. The van der Waals surface area contributed by atoms with Crippen molar-refractivity contribution >= 4 is 16.1 Å². The maximum atomic E-state index is 12.7. The van der Waals surface area contributed by atoms with Gasteiger partial charge in [0.25, 0.3) is 10.2 Å². The molecule has 0 aromatic carbocycles. The minimum atomic E-state index is -3.42. The largest absolute Gasteiger partial charge is 0.378 e. The number of amides is 1. The average molecular weight is 375 g/mol. The molecule has 3 fully saturated rings. The van der Waals surface area contributed by atoms with Crippen LogP contribution in [0.25, 0.3) is 0 Å². The van der Waals surface area contributed by atoms with Gasteiger partial charge >= 0.3 is 0 Å². The van der Waals surface area contributed by atoms with Gasteiger partial charge in [-0.3, -0.25) is 4.79 Å². The summed E-state index contributed by atoms with van der Waals surface area (Å²) < 4.78 is 33.9. The third-order valence-corrected chi connectivity index (χ3v) is 7.16. The molecule has 1 atom stereocenters. The lowest BCUT2D eigenvalue weighted by Crippen LogP contribution is -2.57. The van der Waals surface area contributed by atoms with Crippen LogP contribution >= 0.6 is 0 Å². The van der Waals surface area contributed by atoms with Gasteiger partial charge in [-0.25, -0.2) is 0 Å². The lowest BCUT2D eigenvalue weighted by Gasteiger charge is -2.39. The van der Waals surface area contributed by atoms with E-state index in [1.165, 1.54) is 4.31 Å². The van der Waals surface area contributed by atoms with Crippen molar-refractivity contribution in [2.24, 2.45) is 0 Å². The van der Waals surface area contributed by atoms with E-state index in [4.69, 9.17) is 4.74 Å². The van der Waals surface area contributed by atoms with Gasteiger partial charge in [0.15, 0.2) is 0 Å². The zero-order chi connectivity index (χ0) is 17.9. The summed E-state index contributed by atoms with van der Waals surface area (Å²) >= 11 is 0. The van der Waals surface area contributed by atoms with Crippen LogP contribution in [0.15, 0.2) is 0 Å². The number of nitrogens with zero attached hydrogens (tertiary/aromatic N) is 4. The van der Waals surface area contributed by atoms with Crippen LogP contribution in [0.4, 0.5) is 0 Å². The highest BCUT2D eigenvalue weighted by Gasteiger charge is 2.35. The van der Waals surface area contributed by atoms with E-state index >= 15 is 0 Å². The minimum absolute atomic E-state index is 0.0633. The molecule has 0 saturated carbocycles. The highest BCUT2D eigenvalue weighted by molar-refractivity contribution is 7.86. The molecule has 3 saturated heterocycles. The molecule has 9 nitrogen and oxygen atoms in total. The van der Waals surface area contributed by atoms with Gasteiger partial charge in [-0.1, -0.05) is 0 Å². The Bertz CT molecular complexity index is 550. The first-order chi connectivity index (χ1) is 12.0. The molecule has 1 unspecified atom stereocenters. The van der Waals surface area contributed by atoms with Crippen LogP contribution in [-0.2, 0) is 19.7 Å². The molecule has 3 rings (SSSR count). The van der Waals surface area contributed by atoms with Gasteiger partial charge in [-0.05, 0) is 7.05 Å². The van der Waals surface area contributed by atoms with Crippen LogP contribution in [0.5, 0.6) is 0 Å². The molecule has 1 N–H and O–H groups in total. The summed E-state index contributed by atoms with van der Waals surface area (Å²) in [7, 11) is -1.41. The monoisotopic (exact) mass is 375 g/mol. The summed E-state index contributed by atoms with van der Waals surface area (Å²) in [5.41, 5.74) is 0. The molecular formula is C15H29N5O4S. The number of carbonyl (C=O) groups excluding carboxylic acids is 1. The third-order valence-electron chi connectivity index (χ3n) is 5.13. The molecule has 0 aromatic heterocycles. The number of hydrogen-bond donors (Lipinski definition) is 1. The van der Waals surface area contributed by atoms with E-state index in [2.05, 4.69) is 10.2 Å². The van der Waals surface area contributed by atoms with Gasteiger partial charge in [0.05, 0.1) is 13.2 Å². The van der Waals surface area contributed by atoms with Crippen molar-refractivity contribution in [3.05, 3.63) is 0 Å². The van der Waals surface area contributed by atoms with Gasteiger partial charge in [0, 0.05) is 71.4 Å². The summed E-state index contributed by atoms with van der Waals surface area (Å²) in [5, 5.41) is 3.28. The van der Waals surface area contributed by atoms with E-state index in [-0.39, 0.29) is 11.9 Å². The predicted molar refractivity (Wildman–Crippen MR) is 93.4 cm³/mol. The standard InChI is InChI=1S/C15H29N5O4S/c1-17-3-7-19(8-4-17)25(22,23)20-9-5-18(6-10-20)15(21)12-14-13-24-11-2-16-14/h14,16H,2-13H2,1H3. The molecule has 0 aliphatic carbocycles. The Balaban J connectivity index is 1.48. The Morgan fingerprint density at radius 3 is 2.20 bits per heavy atom. The molecule has 3 heterocycles. The first-order valence-electron chi connectivity index (χ1n) is 8.99. The normalized spacial score (nSPS) is 28.2. The summed E-state index contributed by atoms with van der Waals surface area (Å²) in [6.07, 6.45) is 0.408. The third kappa shape index (κ3) is 4.69. The van der Waals surface area contributed by atoms with E-state index in [0.717, 1.165) is 19.6 Å². The molecule has 0 aromatic rings. The second-order valence-electron chi connectivity index (χ2n) is 6.92. The van der Waals surface area contributed by atoms with Gasteiger partial charge in [-0.2, -0.15) is 17.0 Å². The molecular weight excluding hydrogens is 346 g/mol. The van der Waals surface area contributed by atoms with Crippen molar-refractivity contribution in [3.63, 3.8) is 0 Å². The zero-order valence-corrected chi connectivity index (χ0v) is 15.7. The number of rotatable bonds is 4. The number of nitrogens with one attached hydrogen (secondary N) is 1. The fourth-order valence-electron chi connectivity index (χ4n) is 3.44. The van der Waals surface area contributed by atoms with Crippen LogP contribution in [-0.4, -0.2) is 118 Å². The van der Waals surface area contributed by atoms with Crippen LogP contribution in [0.2, 0.25) is 0 Å². The Morgan fingerprint density at radius 1 is 1.04 bits per heavy atom. The van der Waals surface area contributed by atoms with Gasteiger partial charge < -0.3 is 19.9 Å². The summed E-state index contributed by atoms with van der Waals surface area (Å²) in [6, 6.07) is 0.0633. The first-order valence-corrected chi connectivity index (χ1v) is 10.4. The molecule has 3 aliphatic heterocycles. The molecule has 0 radical (unpaired) electrons. The quantitative estimate of drug-likeness (QED) is 0.612. The Morgan fingerprint density at radius 2 is 1.64 bits per heavy atom. The van der Waals surface area contributed by atoms with E-state index in [1.54, 1.807) is 9.21 Å². The van der Waals surface area contributed by atoms with E-state index < -0.39 is 10.2 Å². The highest BCUT2D eigenvalue weighted by atomic mass is 32.2. The molecule has 144 valence electrons. The SMILES string of the molecule is CN1CCN(S(=O)(=O)N2CCN(C(=O)CC3COCCN3)CC2)CC1. The molecule has 0 spiro atoms. The second kappa shape index (κ2) is 8.28. The minimum Gasteiger partial charge on any atom is -0.378 e. The number of likely N-dealkylation sites (N-methyl/N-ethyl adjacent to an activating group) is 1. The highest BCUT2D eigenvalue weighted by Crippen LogP contribution is 2.15. The smallest absolute Gasteiger partial charge is 0.282 e. The topological polar surface area (TPSA) is 85.4 Å². The lowest BCUT2D eigenvalue weighted by atomic mass is 10.1. The molecule has 1 amide bonds. The Kier molecular flexibility index (Phi) is 6.29. The summed E-state index contributed by atoms with van der Waals surface area (Å²) in [6.45, 7) is 6.26. The maximum Gasteiger partial charge on any atom is 0.282 e.